The summed E-state index contributed by atoms with van der Waals surface area (Å²) in [6.07, 6.45) is 4.55. The molecule has 1 aliphatic rings. The fourth-order valence-corrected chi connectivity index (χ4v) is 3.56. The van der Waals surface area contributed by atoms with Crippen molar-refractivity contribution >= 4 is 17.6 Å². The summed E-state index contributed by atoms with van der Waals surface area (Å²) in [5, 5.41) is 13.8. The third-order valence-corrected chi connectivity index (χ3v) is 5.05. The van der Waals surface area contributed by atoms with E-state index in [0.29, 0.717) is 19.6 Å². The Morgan fingerprint density at radius 3 is 2.81 bits per heavy atom. The van der Waals surface area contributed by atoms with Gasteiger partial charge in [-0.05, 0) is 24.1 Å². The number of hydrogen-bond donors (Lipinski definition) is 1. The van der Waals surface area contributed by atoms with Gasteiger partial charge in [-0.25, -0.2) is 14.3 Å². The van der Waals surface area contributed by atoms with Gasteiger partial charge in [-0.3, -0.25) is 4.98 Å². The fraction of sp³-hybridized carbons (Fsp3) is 0.368. The summed E-state index contributed by atoms with van der Waals surface area (Å²) in [7, 11) is 0. The lowest BCUT2D eigenvalue weighted by Crippen LogP contribution is -2.57. The van der Waals surface area contributed by atoms with Crippen LogP contribution in [0.5, 0.6) is 0 Å². The highest BCUT2D eigenvalue weighted by molar-refractivity contribution is 5.75. The molecule has 0 radical (unpaired) electrons. The SMILES string of the molecule is CC(C)C1CN(c2ccn3ncc(-c4ccccn4)c3n2)CCN1C(=O)O. The molecule has 8 heteroatoms. The molecule has 1 N–H and O–H groups in total. The van der Waals surface area contributed by atoms with Gasteiger partial charge in [-0.2, -0.15) is 5.10 Å². The van der Waals surface area contributed by atoms with Gasteiger partial charge in [0.15, 0.2) is 5.65 Å². The summed E-state index contributed by atoms with van der Waals surface area (Å²) in [4.78, 5) is 24.4. The molecule has 27 heavy (non-hydrogen) atoms. The second-order valence-electron chi connectivity index (χ2n) is 7.06. The number of aromatic nitrogens is 4. The number of fused-ring (bicyclic) bond motifs is 1. The number of nitrogens with zero attached hydrogens (tertiary/aromatic N) is 6. The molecule has 1 fully saturated rings. The number of carbonyl (C=O) groups is 1. The highest BCUT2D eigenvalue weighted by Gasteiger charge is 2.33. The number of pyridine rings is 1. The van der Waals surface area contributed by atoms with Crippen molar-refractivity contribution in [2.45, 2.75) is 19.9 Å². The second kappa shape index (κ2) is 6.86. The van der Waals surface area contributed by atoms with E-state index in [9.17, 15) is 9.90 Å². The van der Waals surface area contributed by atoms with E-state index in [2.05, 4.69) is 28.8 Å². The minimum Gasteiger partial charge on any atom is -0.465 e. The lowest BCUT2D eigenvalue weighted by atomic mass is 10.00. The first-order valence-corrected chi connectivity index (χ1v) is 9.05. The van der Waals surface area contributed by atoms with Gasteiger partial charge in [0.1, 0.15) is 5.82 Å². The molecule has 3 aromatic heterocycles. The highest BCUT2D eigenvalue weighted by atomic mass is 16.4. The van der Waals surface area contributed by atoms with E-state index >= 15 is 0 Å². The molecule has 1 unspecified atom stereocenters. The molecular formula is C19H22N6O2. The molecule has 0 saturated carbocycles. The molecule has 0 aliphatic carbocycles. The maximum absolute atomic E-state index is 11.5. The molecule has 1 aliphatic heterocycles. The zero-order chi connectivity index (χ0) is 19.0. The van der Waals surface area contributed by atoms with Crippen LogP contribution in [0.15, 0.2) is 42.9 Å². The van der Waals surface area contributed by atoms with E-state index in [0.717, 1.165) is 22.7 Å². The smallest absolute Gasteiger partial charge is 0.407 e. The molecule has 3 aromatic rings. The average Bonchev–Trinajstić information content (AvgIpc) is 3.11. The first-order chi connectivity index (χ1) is 13.0. The van der Waals surface area contributed by atoms with Gasteiger partial charge in [0.2, 0.25) is 0 Å². The molecule has 0 spiro atoms. The van der Waals surface area contributed by atoms with Crippen LogP contribution in [0.3, 0.4) is 0 Å². The summed E-state index contributed by atoms with van der Waals surface area (Å²) in [5.74, 6) is 1.06. The summed E-state index contributed by atoms with van der Waals surface area (Å²) >= 11 is 0. The summed E-state index contributed by atoms with van der Waals surface area (Å²) < 4.78 is 1.74. The summed E-state index contributed by atoms with van der Waals surface area (Å²) in [6.45, 7) is 5.82. The molecule has 1 amide bonds. The van der Waals surface area contributed by atoms with Crippen LogP contribution in [0.2, 0.25) is 0 Å². The molecule has 4 rings (SSSR count). The standard InChI is InChI=1S/C19H22N6O2/c1-13(2)16-12-23(9-10-24(16)19(26)27)17-6-8-25-18(22-17)14(11-21-25)15-5-3-4-7-20-15/h3-8,11,13,16H,9-10,12H2,1-2H3,(H,26,27). The Balaban J connectivity index is 1.67. The molecular weight excluding hydrogens is 344 g/mol. The molecule has 1 saturated heterocycles. The largest absolute Gasteiger partial charge is 0.465 e. The van der Waals surface area contributed by atoms with Crippen molar-refractivity contribution < 1.29 is 9.90 Å². The predicted octanol–water partition coefficient (Wildman–Crippen LogP) is 2.62. The number of rotatable bonds is 3. The van der Waals surface area contributed by atoms with E-state index in [1.807, 2.05) is 30.5 Å². The van der Waals surface area contributed by atoms with Crippen molar-refractivity contribution in [2.24, 2.45) is 5.92 Å². The first kappa shape index (κ1) is 17.3. The highest BCUT2D eigenvalue weighted by Crippen LogP contribution is 2.25. The zero-order valence-corrected chi connectivity index (χ0v) is 15.4. The van der Waals surface area contributed by atoms with Crippen molar-refractivity contribution in [1.29, 1.82) is 0 Å². The van der Waals surface area contributed by atoms with E-state index in [1.54, 1.807) is 16.9 Å². The third kappa shape index (κ3) is 3.18. The van der Waals surface area contributed by atoms with E-state index in [4.69, 9.17) is 4.98 Å². The van der Waals surface area contributed by atoms with Crippen molar-refractivity contribution in [3.8, 4) is 11.3 Å². The minimum atomic E-state index is -0.856. The van der Waals surface area contributed by atoms with Crippen LogP contribution >= 0.6 is 0 Å². The van der Waals surface area contributed by atoms with E-state index in [-0.39, 0.29) is 12.0 Å². The van der Waals surface area contributed by atoms with Crippen molar-refractivity contribution in [3.05, 3.63) is 42.9 Å². The Labute approximate surface area is 157 Å². The van der Waals surface area contributed by atoms with Crippen molar-refractivity contribution in [1.82, 2.24) is 24.5 Å². The quantitative estimate of drug-likeness (QED) is 0.767. The average molecular weight is 366 g/mol. The number of piperazine rings is 1. The number of amides is 1. The number of hydrogen-bond acceptors (Lipinski definition) is 5. The number of carboxylic acid groups (broad SMARTS) is 1. The third-order valence-electron chi connectivity index (χ3n) is 5.05. The Hall–Kier alpha value is -3.16. The van der Waals surface area contributed by atoms with Crippen molar-refractivity contribution in [2.75, 3.05) is 24.5 Å². The van der Waals surface area contributed by atoms with Crippen LogP contribution in [0, 0.1) is 5.92 Å². The predicted molar refractivity (Wildman–Crippen MR) is 102 cm³/mol. The summed E-state index contributed by atoms with van der Waals surface area (Å²) in [5.41, 5.74) is 2.45. The maximum atomic E-state index is 11.5. The molecule has 1 atom stereocenters. The van der Waals surface area contributed by atoms with Gasteiger partial charge in [-0.1, -0.05) is 19.9 Å². The maximum Gasteiger partial charge on any atom is 0.407 e. The summed E-state index contributed by atoms with van der Waals surface area (Å²) in [6, 6.07) is 7.62. The van der Waals surface area contributed by atoms with Gasteiger partial charge in [0, 0.05) is 32.0 Å². The van der Waals surface area contributed by atoms with Gasteiger partial charge in [0.25, 0.3) is 0 Å². The molecule has 8 nitrogen and oxygen atoms in total. The Bertz CT molecular complexity index is 955. The topological polar surface area (TPSA) is 86.9 Å². The van der Waals surface area contributed by atoms with Crippen LogP contribution in [0.25, 0.3) is 16.9 Å². The van der Waals surface area contributed by atoms with Crippen LogP contribution in [-0.4, -0.2) is 61.4 Å². The van der Waals surface area contributed by atoms with Gasteiger partial charge in [-0.15, -0.1) is 0 Å². The van der Waals surface area contributed by atoms with Gasteiger partial charge in [0.05, 0.1) is 23.5 Å². The first-order valence-electron chi connectivity index (χ1n) is 9.05. The van der Waals surface area contributed by atoms with Crippen LogP contribution < -0.4 is 4.90 Å². The molecule has 140 valence electrons. The Kier molecular flexibility index (Phi) is 4.39. The number of anilines is 1. The lowest BCUT2D eigenvalue weighted by Gasteiger charge is -2.42. The molecule has 4 heterocycles. The van der Waals surface area contributed by atoms with E-state index in [1.165, 1.54) is 4.90 Å². The van der Waals surface area contributed by atoms with Gasteiger partial charge >= 0.3 is 6.09 Å². The molecule has 0 aromatic carbocycles. The Morgan fingerprint density at radius 2 is 2.11 bits per heavy atom. The zero-order valence-electron chi connectivity index (χ0n) is 15.4. The Morgan fingerprint density at radius 1 is 1.26 bits per heavy atom. The lowest BCUT2D eigenvalue weighted by molar-refractivity contribution is 0.102. The van der Waals surface area contributed by atoms with Crippen molar-refractivity contribution in [3.63, 3.8) is 0 Å². The second-order valence-corrected chi connectivity index (χ2v) is 7.06. The van der Waals surface area contributed by atoms with Gasteiger partial charge < -0.3 is 14.9 Å². The fourth-order valence-electron chi connectivity index (χ4n) is 3.56. The van der Waals surface area contributed by atoms with Crippen LogP contribution in [-0.2, 0) is 0 Å². The normalized spacial score (nSPS) is 17.7. The molecule has 0 bridgehead atoms. The monoisotopic (exact) mass is 366 g/mol. The van der Waals surface area contributed by atoms with Crippen LogP contribution in [0.1, 0.15) is 13.8 Å². The van der Waals surface area contributed by atoms with Crippen LogP contribution in [0.4, 0.5) is 10.6 Å². The van der Waals surface area contributed by atoms with E-state index < -0.39 is 6.09 Å². The minimum absolute atomic E-state index is 0.0607.